The molecule has 0 atom stereocenters. The second-order valence-corrected chi connectivity index (χ2v) is 5.34. The first kappa shape index (κ1) is 14.4. The number of benzene rings is 1. The van der Waals surface area contributed by atoms with Crippen molar-refractivity contribution in [2.45, 2.75) is 51.1 Å². The molecule has 3 heteroatoms. The van der Waals surface area contributed by atoms with Crippen LogP contribution < -0.4 is 15.8 Å². The van der Waals surface area contributed by atoms with Crippen molar-refractivity contribution in [1.29, 1.82) is 0 Å². The van der Waals surface area contributed by atoms with Gasteiger partial charge in [-0.25, -0.2) is 0 Å². The first-order valence-electron chi connectivity index (χ1n) is 7.53. The van der Waals surface area contributed by atoms with Crippen LogP contribution in [-0.2, 0) is 6.54 Å². The molecule has 0 bridgehead atoms. The molecule has 0 aromatic heterocycles. The Bertz CT molecular complexity index is 360. The van der Waals surface area contributed by atoms with Crippen molar-refractivity contribution in [3.05, 3.63) is 29.8 Å². The largest absolute Gasteiger partial charge is 0.492 e. The fraction of sp³-hybridized carbons (Fsp3) is 0.625. The quantitative estimate of drug-likeness (QED) is 0.612. The van der Waals surface area contributed by atoms with Gasteiger partial charge < -0.3 is 15.8 Å². The van der Waals surface area contributed by atoms with Gasteiger partial charge in [-0.2, -0.15) is 0 Å². The smallest absolute Gasteiger partial charge is 0.119 e. The van der Waals surface area contributed by atoms with Gasteiger partial charge in [0.2, 0.25) is 0 Å². The lowest BCUT2D eigenvalue weighted by atomic mass is 10.1. The number of nitrogens with two attached hydrogens (primary N) is 1. The van der Waals surface area contributed by atoms with Gasteiger partial charge in [0.15, 0.2) is 0 Å². The van der Waals surface area contributed by atoms with Crippen molar-refractivity contribution < 1.29 is 4.74 Å². The van der Waals surface area contributed by atoms with E-state index in [1.165, 1.54) is 38.5 Å². The van der Waals surface area contributed by atoms with E-state index in [2.05, 4.69) is 5.32 Å². The van der Waals surface area contributed by atoms with Gasteiger partial charge in [0.1, 0.15) is 12.4 Å². The van der Waals surface area contributed by atoms with E-state index in [1.807, 2.05) is 24.3 Å². The van der Waals surface area contributed by atoms with Gasteiger partial charge >= 0.3 is 0 Å². The van der Waals surface area contributed by atoms with Crippen molar-refractivity contribution in [3.63, 3.8) is 0 Å². The molecule has 0 unspecified atom stereocenters. The maximum absolute atomic E-state index is 5.75. The average Bonchev–Trinajstić information content (AvgIpc) is 2.72. The van der Waals surface area contributed by atoms with Crippen molar-refractivity contribution in [3.8, 4) is 5.75 Å². The van der Waals surface area contributed by atoms with Crippen molar-refractivity contribution in [2.24, 2.45) is 5.73 Å². The molecule has 3 nitrogen and oxygen atoms in total. The number of rotatable bonds is 6. The Morgan fingerprint density at radius 3 is 2.68 bits per heavy atom. The molecule has 1 aliphatic rings. The Labute approximate surface area is 116 Å². The summed E-state index contributed by atoms with van der Waals surface area (Å²) < 4.78 is 5.75. The van der Waals surface area contributed by atoms with Gasteiger partial charge in [0.25, 0.3) is 0 Å². The maximum Gasteiger partial charge on any atom is 0.119 e. The first-order valence-corrected chi connectivity index (χ1v) is 7.53. The number of nitrogens with one attached hydrogen (secondary N) is 1. The summed E-state index contributed by atoms with van der Waals surface area (Å²) in [6.45, 7) is 2.22. The highest BCUT2D eigenvalue weighted by Gasteiger charge is 2.10. The summed E-state index contributed by atoms with van der Waals surface area (Å²) >= 11 is 0. The SMILES string of the molecule is NCc1cccc(OCCNC2CCCCCC2)c1. The molecule has 106 valence electrons. The van der Waals surface area contributed by atoms with E-state index in [0.717, 1.165) is 24.5 Å². The number of ether oxygens (including phenoxy) is 1. The molecule has 0 spiro atoms. The second kappa shape index (κ2) is 8.18. The minimum atomic E-state index is 0.567. The minimum absolute atomic E-state index is 0.567. The Morgan fingerprint density at radius 2 is 1.95 bits per heavy atom. The van der Waals surface area contributed by atoms with Crippen LogP contribution in [0.15, 0.2) is 24.3 Å². The van der Waals surface area contributed by atoms with Gasteiger partial charge in [-0.3, -0.25) is 0 Å². The third-order valence-corrected chi connectivity index (χ3v) is 3.79. The van der Waals surface area contributed by atoms with E-state index in [4.69, 9.17) is 10.5 Å². The fourth-order valence-electron chi connectivity index (χ4n) is 2.68. The molecule has 0 aliphatic heterocycles. The molecule has 0 heterocycles. The van der Waals surface area contributed by atoms with Crippen LogP contribution in [0.2, 0.25) is 0 Å². The molecule has 3 N–H and O–H groups in total. The van der Waals surface area contributed by atoms with Crippen LogP contribution in [0.4, 0.5) is 0 Å². The Morgan fingerprint density at radius 1 is 1.16 bits per heavy atom. The van der Waals surface area contributed by atoms with Crippen LogP contribution in [0.25, 0.3) is 0 Å². The second-order valence-electron chi connectivity index (χ2n) is 5.34. The molecule has 2 rings (SSSR count). The summed E-state index contributed by atoms with van der Waals surface area (Å²) in [5.74, 6) is 0.922. The molecule has 1 aromatic carbocycles. The minimum Gasteiger partial charge on any atom is -0.492 e. The number of hydrogen-bond acceptors (Lipinski definition) is 3. The topological polar surface area (TPSA) is 47.3 Å². The van der Waals surface area contributed by atoms with Crippen molar-refractivity contribution >= 4 is 0 Å². The van der Waals surface area contributed by atoms with Crippen LogP contribution in [0.1, 0.15) is 44.1 Å². The van der Waals surface area contributed by atoms with E-state index < -0.39 is 0 Å². The summed E-state index contributed by atoms with van der Waals surface area (Å²) in [5.41, 5.74) is 6.74. The summed E-state index contributed by atoms with van der Waals surface area (Å²) in [4.78, 5) is 0. The molecule has 19 heavy (non-hydrogen) atoms. The summed E-state index contributed by atoms with van der Waals surface area (Å²) in [5, 5.41) is 3.61. The highest BCUT2D eigenvalue weighted by Crippen LogP contribution is 2.17. The van der Waals surface area contributed by atoms with Gasteiger partial charge in [-0.05, 0) is 30.5 Å². The lowest BCUT2D eigenvalue weighted by molar-refractivity contribution is 0.300. The van der Waals surface area contributed by atoms with Gasteiger partial charge in [-0.15, -0.1) is 0 Å². The van der Waals surface area contributed by atoms with Gasteiger partial charge in [0, 0.05) is 19.1 Å². The van der Waals surface area contributed by atoms with Crippen molar-refractivity contribution in [2.75, 3.05) is 13.2 Å². The van der Waals surface area contributed by atoms with Crippen LogP contribution in [-0.4, -0.2) is 19.2 Å². The van der Waals surface area contributed by atoms with Crippen LogP contribution in [0.3, 0.4) is 0 Å². The van der Waals surface area contributed by atoms with Crippen LogP contribution in [0.5, 0.6) is 5.75 Å². The van der Waals surface area contributed by atoms with Crippen molar-refractivity contribution in [1.82, 2.24) is 5.32 Å². The standard InChI is InChI=1S/C16H26N2O/c17-13-14-6-5-9-16(12-14)19-11-10-18-15-7-3-1-2-4-8-15/h5-6,9,12,15,18H,1-4,7-8,10-11,13,17H2. The molecule has 1 fully saturated rings. The molecule has 0 amide bonds. The highest BCUT2D eigenvalue weighted by molar-refractivity contribution is 5.28. The average molecular weight is 262 g/mol. The van der Waals surface area contributed by atoms with E-state index in [1.54, 1.807) is 0 Å². The predicted molar refractivity (Wildman–Crippen MR) is 79.3 cm³/mol. The normalized spacial score (nSPS) is 17.1. The highest BCUT2D eigenvalue weighted by atomic mass is 16.5. The molecule has 1 aromatic rings. The third kappa shape index (κ3) is 5.21. The Balaban J connectivity index is 1.65. The summed E-state index contributed by atoms with van der Waals surface area (Å²) in [6.07, 6.45) is 8.20. The Hall–Kier alpha value is -1.06. The molecule has 0 saturated heterocycles. The van der Waals surface area contributed by atoms with E-state index in [0.29, 0.717) is 12.6 Å². The van der Waals surface area contributed by atoms with Gasteiger partial charge in [-0.1, -0.05) is 37.8 Å². The molecule has 1 saturated carbocycles. The molecular weight excluding hydrogens is 236 g/mol. The zero-order chi connectivity index (χ0) is 13.3. The number of hydrogen-bond donors (Lipinski definition) is 2. The fourth-order valence-corrected chi connectivity index (χ4v) is 2.68. The van der Waals surface area contributed by atoms with E-state index >= 15 is 0 Å². The van der Waals surface area contributed by atoms with Crippen LogP contribution >= 0.6 is 0 Å². The molecule has 1 aliphatic carbocycles. The lowest BCUT2D eigenvalue weighted by Crippen LogP contribution is -2.32. The zero-order valence-electron chi connectivity index (χ0n) is 11.7. The molecule has 0 radical (unpaired) electrons. The van der Waals surface area contributed by atoms with E-state index in [9.17, 15) is 0 Å². The lowest BCUT2D eigenvalue weighted by Gasteiger charge is -2.16. The van der Waals surface area contributed by atoms with Gasteiger partial charge in [0.05, 0.1) is 0 Å². The van der Waals surface area contributed by atoms with E-state index in [-0.39, 0.29) is 0 Å². The zero-order valence-corrected chi connectivity index (χ0v) is 11.7. The molecular formula is C16H26N2O. The summed E-state index contributed by atoms with van der Waals surface area (Å²) in [7, 11) is 0. The first-order chi connectivity index (χ1) is 9.38. The predicted octanol–water partition coefficient (Wildman–Crippen LogP) is 2.84. The third-order valence-electron chi connectivity index (χ3n) is 3.79. The maximum atomic E-state index is 5.75. The Kier molecular flexibility index (Phi) is 6.18. The van der Waals surface area contributed by atoms with Crippen LogP contribution in [0, 0.1) is 0 Å². The monoisotopic (exact) mass is 262 g/mol. The summed E-state index contributed by atoms with van der Waals surface area (Å²) in [6, 6.07) is 8.73.